The average Bonchev–Trinajstić information content (AvgIpc) is 2.72. The van der Waals surface area contributed by atoms with Crippen molar-refractivity contribution in [3.05, 3.63) is 52.1 Å². The first-order chi connectivity index (χ1) is 14.7. The third kappa shape index (κ3) is 3.96. The van der Waals surface area contributed by atoms with E-state index >= 15 is 0 Å². The molecule has 162 valence electrons. The molecule has 3 rings (SSSR count). The molecule has 0 atom stereocenters. The Kier molecular flexibility index (Phi) is 6.01. The lowest BCUT2D eigenvalue weighted by Crippen LogP contribution is -2.54. The van der Waals surface area contributed by atoms with E-state index in [4.69, 9.17) is 14.2 Å². The van der Waals surface area contributed by atoms with Crippen LogP contribution in [0, 0.1) is 20.8 Å². The second-order valence-electron chi connectivity index (χ2n) is 7.15. The molecule has 0 aromatic heterocycles. The van der Waals surface area contributed by atoms with Gasteiger partial charge in [-0.1, -0.05) is 17.7 Å². The van der Waals surface area contributed by atoms with Crippen LogP contribution in [0.4, 0.5) is 10.5 Å². The third-order valence-electron chi connectivity index (χ3n) is 5.00. The number of hydrogen-bond donors (Lipinski definition) is 1. The molecule has 1 heterocycles. The molecule has 1 aliphatic rings. The molecule has 0 unspecified atom stereocenters. The number of ether oxygens (including phenoxy) is 3. The maximum absolute atomic E-state index is 13.3. The first-order valence-electron chi connectivity index (χ1n) is 9.51. The Labute approximate surface area is 180 Å². The maximum Gasteiger partial charge on any atom is 0.335 e. The number of carbonyl (C=O) groups is 3. The second kappa shape index (κ2) is 8.51. The maximum atomic E-state index is 13.3. The Morgan fingerprint density at radius 3 is 1.87 bits per heavy atom. The van der Waals surface area contributed by atoms with Crippen molar-refractivity contribution in [3.8, 4) is 17.2 Å². The summed E-state index contributed by atoms with van der Waals surface area (Å²) in [4.78, 5) is 39.5. The number of urea groups is 1. The van der Waals surface area contributed by atoms with Crippen LogP contribution < -0.4 is 24.4 Å². The van der Waals surface area contributed by atoms with Crippen LogP contribution >= 0.6 is 0 Å². The summed E-state index contributed by atoms with van der Waals surface area (Å²) < 4.78 is 16.0. The third-order valence-corrected chi connectivity index (χ3v) is 5.00. The van der Waals surface area contributed by atoms with E-state index in [1.54, 1.807) is 12.1 Å². The molecular weight excluding hydrogens is 400 g/mol. The molecule has 1 fully saturated rings. The van der Waals surface area contributed by atoms with E-state index in [0.29, 0.717) is 28.5 Å². The normalized spacial score (nSPS) is 15.2. The van der Waals surface area contributed by atoms with Gasteiger partial charge in [0.1, 0.15) is 22.8 Å². The molecule has 8 heteroatoms. The van der Waals surface area contributed by atoms with Gasteiger partial charge in [-0.3, -0.25) is 14.9 Å². The van der Waals surface area contributed by atoms with Crippen molar-refractivity contribution >= 4 is 29.6 Å². The SMILES string of the molecule is COc1cc(OC)c(/C=C2\C(=O)NC(=O)N(c3c(C)cc(C)cc3C)C2=O)c(OC)c1. The van der Waals surface area contributed by atoms with Crippen molar-refractivity contribution in [2.75, 3.05) is 26.2 Å². The number of barbiturate groups is 1. The Bertz CT molecular complexity index is 1070. The Morgan fingerprint density at radius 1 is 0.839 bits per heavy atom. The largest absolute Gasteiger partial charge is 0.496 e. The van der Waals surface area contributed by atoms with Gasteiger partial charge < -0.3 is 14.2 Å². The Morgan fingerprint density at radius 2 is 1.39 bits per heavy atom. The van der Waals surface area contributed by atoms with Crippen LogP contribution in [0.25, 0.3) is 6.08 Å². The van der Waals surface area contributed by atoms with Crippen LogP contribution in [0.15, 0.2) is 29.8 Å². The lowest BCUT2D eigenvalue weighted by atomic mass is 10.0. The van der Waals surface area contributed by atoms with Gasteiger partial charge in [0.2, 0.25) is 0 Å². The minimum absolute atomic E-state index is 0.222. The van der Waals surface area contributed by atoms with Gasteiger partial charge in [-0.25, -0.2) is 9.69 Å². The van der Waals surface area contributed by atoms with E-state index in [0.717, 1.165) is 21.6 Å². The minimum atomic E-state index is -0.798. The highest BCUT2D eigenvalue weighted by atomic mass is 16.5. The van der Waals surface area contributed by atoms with E-state index in [9.17, 15) is 14.4 Å². The van der Waals surface area contributed by atoms with Gasteiger partial charge in [-0.15, -0.1) is 0 Å². The zero-order valence-electron chi connectivity index (χ0n) is 18.3. The summed E-state index contributed by atoms with van der Waals surface area (Å²) >= 11 is 0. The van der Waals surface area contributed by atoms with Crippen molar-refractivity contribution < 1.29 is 28.6 Å². The topological polar surface area (TPSA) is 94.2 Å². The second-order valence-corrected chi connectivity index (χ2v) is 7.15. The highest BCUT2D eigenvalue weighted by Crippen LogP contribution is 2.37. The predicted octanol–water partition coefficient (Wildman–Crippen LogP) is 3.30. The molecule has 31 heavy (non-hydrogen) atoms. The zero-order valence-corrected chi connectivity index (χ0v) is 18.3. The van der Waals surface area contributed by atoms with Crippen LogP contribution in [-0.2, 0) is 9.59 Å². The molecule has 1 aliphatic heterocycles. The minimum Gasteiger partial charge on any atom is -0.496 e. The fourth-order valence-electron chi connectivity index (χ4n) is 3.70. The summed E-state index contributed by atoms with van der Waals surface area (Å²) in [5.41, 5.74) is 3.09. The van der Waals surface area contributed by atoms with Crippen molar-refractivity contribution in [3.63, 3.8) is 0 Å². The van der Waals surface area contributed by atoms with Gasteiger partial charge in [0.25, 0.3) is 11.8 Å². The number of hydrogen-bond acceptors (Lipinski definition) is 6. The van der Waals surface area contributed by atoms with E-state index in [2.05, 4.69) is 5.32 Å². The smallest absolute Gasteiger partial charge is 0.335 e. The van der Waals surface area contributed by atoms with E-state index < -0.39 is 17.8 Å². The number of benzene rings is 2. The number of aryl methyl sites for hydroxylation is 3. The predicted molar refractivity (Wildman–Crippen MR) is 116 cm³/mol. The Hall–Kier alpha value is -3.81. The molecule has 2 aromatic rings. The van der Waals surface area contributed by atoms with E-state index in [1.165, 1.54) is 27.4 Å². The molecule has 8 nitrogen and oxygen atoms in total. The van der Waals surface area contributed by atoms with Crippen molar-refractivity contribution in [2.24, 2.45) is 0 Å². The van der Waals surface area contributed by atoms with Crippen LogP contribution in [0.2, 0.25) is 0 Å². The van der Waals surface area contributed by atoms with Crippen molar-refractivity contribution in [2.45, 2.75) is 20.8 Å². The highest BCUT2D eigenvalue weighted by Gasteiger charge is 2.38. The summed E-state index contributed by atoms with van der Waals surface area (Å²) in [7, 11) is 4.40. The monoisotopic (exact) mass is 424 g/mol. The van der Waals surface area contributed by atoms with Gasteiger partial charge in [-0.2, -0.15) is 0 Å². The molecule has 0 spiro atoms. The number of methoxy groups -OCH3 is 3. The summed E-state index contributed by atoms with van der Waals surface area (Å²) in [6.45, 7) is 5.55. The van der Waals surface area contributed by atoms with E-state index in [1.807, 2.05) is 32.9 Å². The molecule has 0 radical (unpaired) electrons. The number of nitrogens with zero attached hydrogens (tertiary/aromatic N) is 1. The molecular formula is C23H24N2O6. The van der Waals surface area contributed by atoms with Crippen molar-refractivity contribution in [1.29, 1.82) is 0 Å². The molecule has 0 saturated carbocycles. The number of amides is 4. The van der Waals surface area contributed by atoms with Crippen LogP contribution in [0.1, 0.15) is 22.3 Å². The molecule has 2 aromatic carbocycles. The lowest BCUT2D eigenvalue weighted by Gasteiger charge is -2.29. The number of nitrogens with one attached hydrogen (secondary N) is 1. The van der Waals surface area contributed by atoms with Crippen LogP contribution in [-0.4, -0.2) is 39.2 Å². The van der Waals surface area contributed by atoms with Gasteiger partial charge in [-0.05, 0) is 38.0 Å². The molecule has 0 aliphatic carbocycles. The number of imide groups is 2. The average molecular weight is 424 g/mol. The van der Waals surface area contributed by atoms with Crippen LogP contribution in [0.3, 0.4) is 0 Å². The first kappa shape index (κ1) is 21.9. The first-order valence-corrected chi connectivity index (χ1v) is 9.51. The Balaban J connectivity index is 2.17. The quantitative estimate of drug-likeness (QED) is 0.585. The van der Waals surface area contributed by atoms with E-state index in [-0.39, 0.29) is 5.57 Å². The highest BCUT2D eigenvalue weighted by molar-refractivity contribution is 6.39. The molecule has 1 saturated heterocycles. The fourth-order valence-corrected chi connectivity index (χ4v) is 3.70. The standard InChI is InChI=1S/C23H24N2O6/c1-12-7-13(2)20(14(3)8-12)25-22(27)17(21(26)24-23(25)28)11-16-18(30-5)9-15(29-4)10-19(16)31-6/h7-11H,1-6H3,(H,24,26,28)/b17-11+. The summed E-state index contributed by atoms with van der Waals surface area (Å²) in [6, 6.07) is 6.17. The molecule has 0 bridgehead atoms. The number of carbonyl (C=O) groups excluding carboxylic acids is 3. The summed E-state index contributed by atoms with van der Waals surface area (Å²) in [5, 5.41) is 2.25. The summed E-state index contributed by atoms with van der Waals surface area (Å²) in [5.74, 6) is -0.360. The summed E-state index contributed by atoms with van der Waals surface area (Å²) in [6.07, 6.45) is 1.35. The van der Waals surface area contributed by atoms with Crippen molar-refractivity contribution in [1.82, 2.24) is 5.32 Å². The number of anilines is 1. The van der Waals surface area contributed by atoms with Gasteiger partial charge in [0, 0.05) is 12.1 Å². The van der Waals surface area contributed by atoms with Gasteiger partial charge in [0.15, 0.2) is 0 Å². The van der Waals surface area contributed by atoms with Crippen LogP contribution in [0.5, 0.6) is 17.2 Å². The van der Waals surface area contributed by atoms with Gasteiger partial charge in [0.05, 0.1) is 32.6 Å². The zero-order chi connectivity index (χ0) is 22.9. The molecule has 4 amide bonds. The molecule has 1 N–H and O–H groups in total. The fraction of sp³-hybridized carbons (Fsp3) is 0.261. The number of rotatable bonds is 5. The lowest BCUT2D eigenvalue weighted by molar-refractivity contribution is -0.122. The van der Waals surface area contributed by atoms with Gasteiger partial charge >= 0.3 is 6.03 Å².